The van der Waals surface area contributed by atoms with E-state index in [9.17, 15) is 0 Å². The summed E-state index contributed by atoms with van der Waals surface area (Å²) < 4.78 is 23.7. The SMILES string of the molecule is c1cc(-c2ccc3oc4ccc(-c5cccc(-c6ccc7c(c6)c6ccccc6n7-c6ccc7oc8ccccc8c7c6)c5)cc4c3c2)cc(-c2ccc3c(c2)c2ccccc2n3-c2ccc3oc4ccccc4c3c2)c1. The van der Waals surface area contributed by atoms with E-state index in [1.54, 1.807) is 0 Å². The summed E-state index contributed by atoms with van der Waals surface area (Å²) in [6.45, 7) is 0. The van der Waals surface area contributed by atoms with Crippen molar-refractivity contribution >= 4 is 109 Å². The van der Waals surface area contributed by atoms with E-state index in [0.29, 0.717) is 0 Å². The first kappa shape index (κ1) is 42.0. The summed E-state index contributed by atoms with van der Waals surface area (Å²) >= 11 is 0. The number of nitrogens with zero attached hydrogens (tertiary/aromatic N) is 2. The molecule has 17 rings (SSSR count). The van der Waals surface area contributed by atoms with Crippen LogP contribution in [0.2, 0.25) is 0 Å². The lowest BCUT2D eigenvalue weighted by Gasteiger charge is -2.10. The molecule has 5 heteroatoms. The van der Waals surface area contributed by atoms with Gasteiger partial charge in [-0.1, -0.05) is 133 Å². The highest BCUT2D eigenvalue weighted by atomic mass is 16.3. The average molecular weight is 983 g/mol. The van der Waals surface area contributed by atoms with Crippen LogP contribution in [0.3, 0.4) is 0 Å². The minimum atomic E-state index is 0.873. The van der Waals surface area contributed by atoms with Crippen molar-refractivity contribution in [1.29, 1.82) is 0 Å². The molecule has 0 atom stereocenters. The fourth-order valence-electron chi connectivity index (χ4n) is 12.5. The number of rotatable bonds is 6. The average Bonchev–Trinajstić information content (AvgIpc) is 4.46. The fourth-order valence-corrected chi connectivity index (χ4v) is 12.5. The molecule has 358 valence electrons. The molecule has 0 aliphatic rings. The second-order valence-electron chi connectivity index (χ2n) is 20.4. The van der Waals surface area contributed by atoms with E-state index in [4.69, 9.17) is 13.3 Å². The van der Waals surface area contributed by atoms with Gasteiger partial charge in [-0.2, -0.15) is 0 Å². The number of hydrogen-bond acceptors (Lipinski definition) is 3. The summed E-state index contributed by atoms with van der Waals surface area (Å²) in [7, 11) is 0. The third-order valence-corrected chi connectivity index (χ3v) is 16.1. The Morgan fingerprint density at radius 1 is 0.182 bits per heavy atom. The monoisotopic (exact) mass is 982 g/mol. The van der Waals surface area contributed by atoms with Gasteiger partial charge in [0.15, 0.2) is 0 Å². The molecule has 0 spiro atoms. The van der Waals surface area contributed by atoms with Gasteiger partial charge in [-0.25, -0.2) is 0 Å². The van der Waals surface area contributed by atoms with Crippen LogP contribution in [0.1, 0.15) is 0 Å². The molecular formula is C72H42N2O3. The first-order chi connectivity index (χ1) is 38.1. The highest BCUT2D eigenvalue weighted by Crippen LogP contribution is 2.42. The predicted molar refractivity (Wildman–Crippen MR) is 319 cm³/mol. The first-order valence-corrected chi connectivity index (χ1v) is 26.2. The normalized spacial score (nSPS) is 12.2. The van der Waals surface area contributed by atoms with Crippen molar-refractivity contribution in [3.05, 3.63) is 255 Å². The Morgan fingerprint density at radius 2 is 0.481 bits per heavy atom. The number of fused-ring (bicyclic) bond motifs is 15. The van der Waals surface area contributed by atoms with E-state index in [1.807, 2.05) is 24.3 Å². The lowest BCUT2D eigenvalue weighted by molar-refractivity contribution is 0.668. The Labute approximate surface area is 440 Å². The van der Waals surface area contributed by atoms with Gasteiger partial charge in [-0.15, -0.1) is 0 Å². The van der Waals surface area contributed by atoms with E-state index in [2.05, 4.69) is 240 Å². The van der Waals surface area contributed by atoms with Crippen LogP contribution in [0, 0.1) is 0 Å². The summed E-state index contributed by atoms with van der Waals surface area (Å²) in [4.78, 5) is 0. The van der Waals surface area contributed by atoms with Crippen molar-refractivity contribution in [1.82, 2.24) is 9.13 Å². The molecule has 0 N–H and O–H groups in total. The van der Waals surface area contributed by atoms with Crippen molar-refractivity contribution < 1.29 is 13.3 Å². The van der Waals surface area contributed by atoms with E-state index >= 15 is 0 Å². The molecule has 0 saturated heterocycles. The molecule has 0 bridgehead atoms. The molecule has 0 aliphatic heterocycles. The van der Waals surface area contributed by atoms with Crippen LogP contribution in [0.5, 0.6) is 0 Å². The highest BCUT2D eigenvalue weighted by molar-refractivity contribution is 6.14. The molecule has 0 fully saturated rings. The maximum absolute atomic E-state index is 6.50. The number of para-hydroxylation sites is 4. The lowest BCUT2D eigenvalue weighted by Crippen LogP contribution is -1.93. The molecule has 17 aromatic rings. The Kier molecular flexibility index (Phi) is 8.77. The van der Waals surface area contributed by atoms with Crippen LogP contribution >= 0.6 is 0 Å². The third-order valence-electron chi connectivity index (χ3n) is 16.1. The highest BCUT2D eigenvalue weighted by Gasteiger charge is 2.19. The van der Waals surface area contributed by atoms with Crippen LogP contribution in [0.4, 0.5) is 0 Å². The second kappa shape index (κ2) is 16.1. The summed E-state index contributed by atoms with van der Waals surface area (Å²) in [6, 6.07) is 91.8. The zero-order valence-corrected chi connectivity index (χ0v) is 41.4. The van der Waals surface area contributed by atoms with Gasteiger partial charge in [0, 0.05) is 65.2 Å². The Bertz CT molecular complexity index is 4980. The van der Waals surface area contributed by atoms with Gasteiger partial charge in [0.2, 0.25) is 0 Å². The van der Waals surface area contributed by atoms with Crippen LogP contribution in [0.15, 0.2) is 268 Å². The largest absolute Gasteiger partial charge is 0.456 e. The van der Waals surface area contributed by atoms with E-state index in [-0.39, 0.29) is 0 Å². The zero-order valence-electron chi connectivity index (χ0n) is 41.4. The first-order valence-electron chi connectivity index (χ1n) is 26.2. The molecule has 5 nitrogen and oxygen atoms in total. The summed E-state index contributed by atoms with van der Waals surface area (Å²) in [6.07, 6.45) is 0. The summed E-state index contributed by atoms with van der Waals surface area (Å²) in [5.41, 5.74) is 21.5. The number of hydrogen-bond donors (Lipinski definition) is 0. The second-order valence-corrected chi connectivity index (χ2v) is 20.4. The number of benzene rings is 12. The summed E-state index contributed by atoms with van der Waals surface area (Å²) in [5.74, 6) is 0. The van der Waals surface area contributed by atoms with E-state index in [1.165, 1.54) is 43.7 Å². The van der Waals surface area contributed by atoms with Crippen LogP contribution in [-0.2, 0) is 0 Å². The van der Waals surface area contributed by atoms with Gasteiger partial charge in [0.25, 0.3) is 0 Å². The molecule has 77 heavy (non-hydrogen) atoms. The van der Waals surface area contributed by atoms with E-state index in [0.717, 1.165) is 122 Å². The van der Waals surface area contributed by atoms with Crippen molar-refractivity contribution in [2.45, 2.75) is 0 Å². The van der Waals surface area contributed by atoms with E-state index < -0.39 is 0 Å². The Hall–Kier alpha value is -10.4. The van der Waals surface area contributed by atoms with Crippen LogP contribution in [0.25, 0.3) is 165 Å². The molecule has 5 aromatic heterocycles. The number of furan rings is 3. The smallest absolute Gasteiger partial charge is 0.135 e. The zero-order chi connectivity index (χ0) is 50.3. The van der Waals surface area contributed by atoms with Crippen molar-refractivity contribution in [2.24, 2.45) is 0 Å². The maximum atomic E-state index is 6.50. The minimum absolute atomic E-state index is 0.873. The maximum Gasteiger partial charge on any atom is 0.135 e. The molecule has 0 saturated carbocycles. The van der Waals surface area contributed by atoms with Gasteiger partial charge in [-0.05, 0) is 166 Å². The predicted octanol–water partition coefficient (Wildman–Crippen LogP) is 20.2. The Balaban J connectivity index is 0.708. The quantitative estimate of drug-likeness (QED) is 0.167. The van der Waals surface area contributed by atoms with Crippen molar-refractivity contribution in [3.8, 4) is 55.9 Å². The third kappa shape index (κ3) is 6.41. The topological polar surface area (TPSA) is 49.3 Å². The van der Waals surface area contributed by atoms with Gasteiger partial charge in [0.1, 0.15) is 33.5 Å². The lowest BCUT2D eigenvalue weighted by atomic mass is 9.96. The van der Waals surface area contributed by atoms with Gasteiger partial charge in [0.05, 0.1) is 22.1 Å². The molecule has 12 aromatic carbocycles. The van der Waals surface area contributed by atoms with Gasteiger partial charge >= 0.3 is 0 Å². The molecule has 0 unspecified atom stereocenters. The van der Waals surface area contributed by atoms with Crippen LogP contribution < -0.4 is 0 Å². The molecular weight excluding hydrogens is 941 g/mol. The Morgan fingerprint density at radius 3 is 0.909 bits per heavy atom. The summed E-state index contributed by atoms with van der Waals surface area (Å²) in [5, 5.41) is 11.5. The van der Waals surface area contributed by atoms with Crippen molar-refractivity contribution in [3.63, 3.8) is 0 Å². The molecule has 0 radical (unpaired) electrons. The molecule has 0 aliphatic carbocycles. The van der Waals surface area contributed by atoms with Gasteiger partial charge in [-0.3, -0.25) is 0 Å². The van der Waals surface area contributed by atoms with Crippen molar-refractivity contribution in [2.75, 3.05) is 0 Å². The number of aromatic nitrogens is 2. The fraction of sp³-hybridized carbons (Fsp3) is 0. The molecule has 0 amide bonds. The van der Waals surface area contributed by atoms with Crippen LogP contribution in [-0.4, -0.2) is 9.13 Å². The minimum Gasteiger partial charge on any atom is -0.456 e. The molecule has 5 heterocycles. The standard InChI is InChI=1S/C72H42N2O3/c1-5-19-63-53(15-1)57-37-47(23-29-65(57)73(63)51-27-33-71-61(41-51)55-17-3-7-21-67(55)75-71)43-11-9-13-45(35-43)49-25-31-69-59(39-49)60-40-50(26-32-70(60)77-69)46-14-10-12-44(36-46)48-24-30-66-58(38-48)54-16-2-6-20-64(54)74(66)52-28-34-72-62(42-52)56-18-4-8-22-68(56)76-72/h1-42H. The van der Waals surface area contributed by atoms with Gasteiger partial charge < -0.3 is 22.4 Å².